The fourth-order valence-electron chi connectivity index (χ4n) is 10.8. The van der Waals surface area contributed by atoms with E-state index in [2.05, 4.69) is 242 Å². The summed E-state index contributed by atoms with van der Waals surface area (Å²) >= 11 is 0. The molecular formula is C58H42N2. The molecule has 284 valence electrons. The van der Waals surface area contributed by atoms with E-state index in [-0.39, 0.29) is 5.41 Å². The van der Waals surface area contributed by atoms with Crippen molar-refractivity contribution in [3.05, 3.63) is 252 Å². The molecule has 12 rings (SSSR count). The monoisotopic (exact) mass is 766 g/mol. The van der Waals surface area contributed by atoms with E-state index in [1.807, 2.05) is 0 Å². The van der Waals surface area contributed by atoms with Crippen LogP contribution in [-0.4, -0.2) is 0 Å². The van der Waals surface area contributed by atoms with Gasteiger partial charge in [-0.2, -0.15) is 0 Å². The number of benzene rings is 9. The number of fused-ring (bicyclic) bond motifs is 8. The summed E-state index contributed by atoms with van der Waals surface area (Å²) in [6.07, 6.45) is 0. The van der Waals surface area contributed by atoms with Crippen LogP contribution in [-0.2, 0) is 10.8 Å². The SMILES string of the molecule is CC1(C)c2ccccc2-c2ccc(N(c3ccc(-c4ccccc4)cc3)c3ccc4c(c3)C3(c5ccccc5)c5ccccc5N(c5ccccc5)c5cccc-4c53)cc21. The van der Waals surface area contributed by atoms with Gasteiger partial charge in [0.1, 0.15) is 0 Å². The molecule has 1 unspecified atom stereocenters. The first-order valence-corrected chi connectivity index (χ1v) is 21.0. The van der Waals surface area contributed by atoms with Gasteiger partial charge in [-0.25, -0.2) is 0 Å². The fraction of sp³-hybridized carbons (Fsp3) is 0.0690. The first-order chi connectivity index (χ1) is 29.5. The molecule has 2 heteroatoms. The molecule has 0 amide bonds. The van der Waals surface area contributed by atoms with Crippen molar-refractivity contribution in [1.82, 2.24) is 0 Å². The van der Waals surface area contributed by atoms with Crippen molar-refractivity contribution in [3.8, 4) is 33.4 Å². The lowest BCUT2D eigenvalue weighted by atomic mass is 9.65. The molecule has 0 spiro atoms. The number of rotatable bonds is 6. The average molecular weight is 767 g/mol. The Bertz CT molecular complexity index is 3110. The molecule has 1 atom stereocenters. The third-order valence-electron chi connectivity index (χ3n) is 13.4. The molecule has 1 heterocycles. The minimum atomic E-state index is -0.551. The Morgan fingerprint density at radius 3 is 1.62 bits per heavy atom. The summed E-state index contributed by atoms with van der Waals surface area (Å²) in [7, 11) is 0. The zero-order chi connectivity index (χ0) is 40.0. The molecule has 0 saturated carbocycles. The Balaban J connectivity index is 1.11. The quantitative estimate of drug-likeness (QED) is 0.166. The van der Waals surface area contributed by atoms with E-state index in [1.165, 1.54) is 78.1 Å². The molecule has 3 aliphatic rings. The predicted molar refractivity (Wildman–Crippen MR) is 250 cm³/mol. The Morgan fingerprint density at radius 1 is 0.367 bits per heavy atom. The molecule has 0 aromatic heterocycles. The summed E-state index contributed by atoms with van der Waals surface area (Å²) in [4.78, 5) is 4.94. The normalized spacial score (nSPS) is 16.0. The first kappa shape index (κ1) is 34.6. The van der Waals surface area contributed by atoms with E-state index >= 15 is 0 Å². The van der Waals surface area contributed by atoms with Crippen LogP contribution >= 0.6 is 0 Å². The fourth-order valence-corrected chi connectivity index (χ4v) is 10.8. The van der Waals surface area contributed by atoms with E-state index in [0.29, 0.717) is 0 Å². The van der Waals surface area contributed by atoms with Gasteiger partial charge in [0.25, 0.3) is 0 Å². The molecule has 1 aliphatic heterocycles. The lowest BCUT2D eigenvalue weighted by molar-refractivity contribution is 0.660. The minimum absolute atomic E-state index is 0.130. The standard InChI is InChI=1S/C58H42N2/c1-57(2)50-25-13-12-23-46(50)47-35-33-44(37-52(47)57)59(43-31-29-40(30-32-43)39-17-6-3-7-18-39)45-34-36-48-49-24-16-28-55-56(49)58(53(48)38-45,41-19-8-4-9-20-41)51-26-14-15-27-54(51)60(55)42-21-10-5-11-22-42/h3-38H,1-2H3. The Morgan fingerprint density at radius 2 is 0.883 bits per heavy atom. The number of anilines is 6. The largest absolute Gasteiger partial charge is 0.310 e. The predicted octanol–water partition coefficient (Wildman–Crippen LogP) is 15.3. The topological polar surface area (TPSA) is 6.48 Å². The van der Waals surface area contributed by atoms with Crippen LogP contribution in [0.4, 0.5) is 34.1 Å². The van der Waals surface area contributed by atoms with E-state index in [1.54, 1.807) is 0 Å². The Hall–Kier alpha value is -7.42. The van der Waals surface area contributed by atoms with Gasteiger partial charge in [-0.05, 0) is 122 Å². The van der Waals surface area contributed by atoms with E-state index < -0.39 is 5.41 Å². The van der Waals surface area contributed by atoms with Crippen LogP contribution in [0.3, 0.4) is 0 Å². The van der Waals surface area contributed by atoms with Crippen molar-refractivity contribution in [2.45, 2.75) is 24.7 Å². The van der Waals surface area contributed by atoms with Crippen LogP contribution in [0.25, 0.3) is 33.4 Å². The molecule has 2 aliphatic carbocycles. The molecule has 0 N–H and O–H groups in total. The molecule has 60 heavy (non-hydrogen) atoms. The van der Waals surface area contributed by atoms with Gasteiger partial charge in [0, 0.05) is 33.7 Å². The number of hydrogen-bond acceptors (Lipinski definition) is 2. The summed E-state index contributed by atoms with van der Waals surface area (Å²) in [5.74, 6) is 0. The number of para-hydroxylation sites is 2. The summed E-state index contributed by atoms with van der Waals surface area (Å²) < 4.78 is 0. The summed E-state index contributed by atoms with van der Waals surface area (Å²) in [5.41, 5.74) is 21.8. The lowest BCUT2D eigenvalue weighted by Gasteiger charge is -2.44. The van der Waals surface area contributed by atoms with Crippen molar-refractivity contribution >= 4 is 34.1 Å². The molecule has 0 radical (unpaired) electrons. The smallest absolute Gasteiger partial charge is 0.0755 e. The highest BCUT2D eigenvalue weighted by Gasteiger charge is 2.52. The second-order valence-corrected chi connectivity index (χ2v) is 16.9. The summed E-state index contributed by atoms with van der Waals surface area (Å²) in [6, 6.07) is 81.0. The maximum atomic E-state index is 2.50. The zero-order valence-corrected chi connectivity index (χ0v) is 33.7. The number of nitrogens with zero attached hydrogens (tertiary/aromatic N) is 2. The summed E-state index contributed by atoms with van der Waals surface area (Å²) in [5, 5.41) is 0. The van der Waals surface area contributed by atoms with Crippen LogP contribution in [0.1, 0.15) is 47.2 Å². The van der Waals surface area contributed by atoms with Gasteiger partial charge in [-0.1, -0.05) is 172 Å². The van der Waals surface area contributed by atoms with Gasteiger partial charge in [-0.15, -0.1) is 0 Å². The van der Waals surface area contributed by atoms with Gasteiger partial charge >= 0.3 is 0 Å². The molecule has 2 nitrogen and oxygen atoms in total. The Kier molecular flexibility index (Phi) is 7.52. The van der Waals surface area contributed by atoms with Gasteiger partial charge in [0.05, 0.1) is 16.8 Å². The third kappa shape index (κ3) is 4.82. The third-order valence-corrected chi connectivity index (χ3v) is 13.4. The maximum absolute atomic E-state index is 2.50. The van der Waals surface area contributed by atoms with E-state index in [9.17, 15) is 0 Å². The van der Waals surface area contributed by atoms with Gasteiger partial charge < -0.3 is 9.80 Å². The molecule has 0 saturated heterocycles. The van der Waals surface area contributed by atoms with Crippen molar-refractivity contribution in [2.75, 3.05) is 9.80 Å². The molecule has 9 aromatic rings. The van der Waals surface area contributed by atoms with Crippen molar-refractivity contribution in [2.24, 2.45) is 0 Å². The first-order valence-electron chi connectivity index (χ1n) is 21.0. The van der Waals surface area contributed by atoms with Crippen LogP contribution < -0.4 is 9.80 Å². The second-order valence-electron chi connectivity index (χ2n) is 16.9. The summed E-state index contributed by atoms with van der Waals surface area (Å²) in [6.45, 7) is 4.74. The minimum Gasteiger partial charge on any atom is -0.310 e. The number of hydrogen-bond donors (Lipinski definition) is 0. The van der Waals surface area contributed by atoms with Crippen LogP contribution in [0.5, 0.6) is 0 Å². The highest BCUT2D eigenvalue weighted by molar-refractivity contribution is 6.00. The van der Waals surface area contributed by atoms with Crippen molar-refractivity contribution in [3.63, 3.8) is 0 Å². The van der Waals surface area contributed by atoms with Gasteiger partial charge in [0.15, 0.2) is 0 Å². The zero-order valence-electron chi connectivity index (χ0n) is 33.7. The van der Waals surface area contributed by atoms with Crippen LogP contribution in [0.2, 0.25) is 0 Å². The van der Waals surface area contributed by atoms with Gasteiger partial charge in [0.2, 0.25) is 0 Å². The molecule has 9 aromatic carbocycles. The van der Waals surface area contributed by atoms with Gasteiger partial charge in [-0.3, -0.25) is 0 Å². The highest BCUT2D eigenvalue weighted by Crippen LogP contribution is 2.65. The molecular weight excluding hydrogens is 725 g/mol. The second kappa shape index (κ2) is 13.0. The van der Waals surface area contributed by atoms with Crippen molar-refractivity contribution in [1.29, 1.82) is 0 Å². The molecule has 0 bridgehead atoms. The van der Waals surface area contributed by atoms with E-state index in [0.717, 1.165) is 22.7 Å². The van der Waals surface area contributed by atoms with Crippen LogP contribution in [0.15, 0.2) is 218 Å². The lowest BCUT2D eigenvalue weighted by Crippen LogP contribution is -2.36. The van der Waals surface area contributed by atoms with E-state index in [4.69, 9.17) is 0 Å². The van der Waals surface area contributed by atoms with Crippen LogP contribution in [0, 0.1) is 0 Å². The highest BCUT2D eigenvalue weighted by atomic mass is 15.2. The van der Waals surface area contributed by atoms with Crippen molar-refractivity contribution < 1.29 is 0 Å². The maximum Gasteiger partial charge on any atom is 0.0755 e. The Labute approximate surface area is 352 Å². The average Bonchev–Trinajstić information content (AvgIpc) is 3.74. The molecule has 0 fully saturated rings.